The summed E-state index contributed by atoms with van der Waals surface area (Å²) in [4.78, 5) is 20.8. The number of ether oxygens (including phenoxy) is 2. The standard InChI is InChI=1S/C21H22F3N9O3/c22-21(23,24)36-14-4-1-12(2-5-14)13-3-6-16(25)15(11-13)19(34)33(28)9-10-35-20-29-8-7-17(30-20)18(26)31-32-27/h1-8,11,32H,9-10,25,27-28H2,(H2,26,31). The Morgan fingerprint density at radius 1 is 1.11 bits per heavy atom. The lowest BCUT2D eigenvalue weighted by molar-refractivity contribution is -0.274. The molecule has 1 aromatic heterocycles. The highest BCUT2D eigenvalue weighted by molar-refractivity contribution is 6.00. The van der Waals surface area contributed by atoms with Gasteiger partial charge in [0.25, 0.3) is 5.91 Å². The number of alkyl halides is 3. The van der Waals surface area contributed by atoms with Gasteiger partial charge in [0.1, 0.15) is 18.1 Å². The molecule has 0 aliphatic heterocycles. The van der Waals surface area contributed by atoms with Crippen LogP contribution in [0.2, 0.25) is 0 Å². The summed E-state index contributed by atoms with van der Waals surface area (Å²) < 4.78 is 46.4. The number of aromatic nitrogens is 2. The van der Waals surface area contributed by atoms with Crippen LogP contribution in [-0.4, -0.2) is 46.2 Å². The van der Waals surface area contributed by atoms with Gasteiger partial charge in [-0.1, -0.05) is 18.2 Å². The van der Waals surface area contributed by atoms with Gasteiger partial charge in [-0.2, -0.15) is 4.98 Å². The number of hydrazine groups is 2. The van der Waals surface area contributed by atoms with Crippen molar-refractivity contribution in [2.75, 3.05) is 18.9 Å². The number of carbonyl (C=O) groups is 1. The molecule has 36 heavy (non-hydrogen) atoms. The van der Waals surface area contributed by atoms with Gasteiger partial charge in [0.15, 0.2) is 5.84 Å². The molecule has 0 radical (unpaired) electrons. The second-order valence-corrected chi connectivity index (χ2v) is 7.07. The zero-order valence-electron chi connectivity index (χ0n) is 18.6. The fraction of sp³-hybridized carbons (Fsp3) is 0.143. The number of amides is 1. The number of rotatable bonds is 9. The van der Waals surface area contributed by atoms with E-state index in [-0.39, 0.29) is 47.7 Å². The zero-order chi connectivity index (χ0) is 26.3. The maximum Gasteiger partial charge on any atom is 0.573 e. The number of halogens is 3. The molecule has 1 heterocycles. The van der Waals surface area contributed by atoms with Gasteiger partial charge in [0.2, 0.25) is 0 Å². The number of nitrogen functional groups attached to an aromatic ring is 1. The molecule has 0 atom stereocenters. The van der Waals surface area contributed by atoms with E-state index >= 15 is 0 Å². The number of nitrogens with zero attached hydrogens (tertiary/aromatic N) is 4. The molecule has 3 aromatic rings. The van der Waals surface area contributed by atoms with Crippen LogP contribution < -0.4 is 38.2 Å². The van der Waals surface area contributed by atoms with Crippen molar-refractivity contribution in [3.63, 3.8) is 0 Å². The van der Waals surface area contributed by atoms with Crippen LogP contribution in [0.15, 0.2) is 59.8 Å². The second kappa shape index (κ2) is 11.2. The number of nitrogens with one attached hydrogen (secondary N) is 1. The summed E-state index contributed by atoms with van der Waals surface area (Å²) in [6, 6.07) is 11.2. The Labute approximate surface area is 202 Å². The van der Waals surface area contributed by atoms with E-state index in [1.807, 2.05) is 5.53 Å². The summed E-state index contributed by atoms with van der Waals surface area (Å²) in [7, 11) is 0. The molecule has 190 valence electrons. The molecule has 2 aromatic carbocycles. The van der Waals surface area contributed by atoms with Crippen LogP contribution in [0.25, 0.3) is 11.1 Å². The largest absolute Gasteiger partial charge is 0.573 e. The molecule has 0 saturated heterocycles. The Morgan fingerprint density at radius 2 is 1.81 bits per heavy atom. The first-order valence-electron chi connectivity index (χ1n) is 10.1. The lowest BCUT2D eigenvalue weighted by Crippen LogP contribution is -2.40. The summed E-state index contributed by atoms with van der Waals surface area (Å²) in [6.07, 6.45) is -3.40. The third kappa shape index (κ3) is 6.94. The first-order chi connectivity index (χ1) is 17.1. The fourth-order valence-corrected chi connectivity index (χ4v) is 2.94. The van der Waals surface area contributed by atoms with E-state index in [4.69, 9.17) is 27.9 Å². The zero-order valence-corrected chi connectivity index (χ0v) is 18.6. The van der Waals surface area contributed by atoms with Gasteiger partial charge in [-0.05, 0) is 41.5 Å². The lowest BCUT2D eigenvalue weighted by atomic mass is 10.0. The van der Waals surface area contributed by atoms with E-state index in [9.17, 15) is 18.0 Å². The topological polar surface area (TPSA) is 193 Å². The normalized spacial score (nSPS) is 11.6. The van der Waals surface area contributed by atoms with Crippen LogP contribution in [-0.2, 0) is 0 Å². The molecule has 15 heteroatoms. The van der Waals surface area contributed by atoms with Crippen molar-refractivity contribution in [3.05, 3.63) is 66.0 Å². The smallest absolute Gasteiger partial charge is 0.461 e. The van der Waals surface area contributed by atoms with Crippen LogP contribution >= 0.6 is 0 Å². The predicted molar refractivity (Wildman–Crippen MR) is 124 cm³/mol. The number of benzene rings is 2. The van der Waals surface area contributed by atoms with Crippen molar-refractivity contribution in [2.24, 2.45) is 22.5 Å². The van der Waals surface area contributed by atoms with Crippen LogP contribution in [0.1, 0.15) is 16.1 Å². The molecule has 0 aliphatic carbocycles. The quantitative estimate of drug-likeness (QED) is 0.0702. The Bertz CT molecular complexity index is 1240. The first-order valence-corrected chi connectivity index (χ1v) is 10.1. The number of carbonyl (C=O) groups excluding carboxylic acids is 1. The number of hydrogen-bond donors (Lipinski definition) is 5. The second-order valence-electron chi connectivity index (χ2n) is 7.07. The maximum absolute atomic E-state index is 12.9. The molecular formula is C21H22F3N9O3. The molecular weight excluding hydrogens is 483 g/mol. The summed E-state index contributed by atoms with van der Waals surface area (Å²) >= 11 is 0. The van der Waals surface area contributed by atoms with Gasteiger partial charge in [-0.25, -0.2) is 22.2 Å². The summed E-state index contributed by atoms with van der Waals surface area (Å²) in [6.45, 7) is -0.106. The molecule has 0 unspecified atom stereocenters. The van der Waals surface area contributed by atoms with Crippen LogP contribution in [0, 0.1) is 0 Å². The minimum atomic E-state index is -4.80. The van der Waals surface area contributed by atoms with Crippen molar-refractivity contribution in [3.8, 4) is 22.9 Å². The summed E-state index contributed by atoms with van der Waals surface area (Å²) in [5, 5.41) is 4.49. The Kier molecular flexibility index (Phi) is 8.08. The van der Waals surface area contributed by atoms with Crippen molar-refractivity contribution < 1.29 is 27.4 Å². The van der Waals surface area contributed by atoms with Gasteiger partial charge >= 0.3 is 12.4 Å². The van der Waals surface area contributed by atoms with Crippen molar-refractivity contribution >= 4 is 17.4 Å². The highest BCUT2D eigenvalue weighted by Crippen LogP contribution is 2.28. The minimum Gasteiger partial charge on any atom is -0.461 e. The highest BCUT2D eigenvalue weighted by atomic mass is 19.4. The number of amidine groups is 1. The average molecular weight is 505 g/mol. The van der Waals surface area contributed by atoms with E-state index in [2.05, 4.69) is 19.8 Å². The van der Waals surface area contributed by atoms with Crippen LogP contribution in [0.4, 0.5) is 18.9 Å². The molecule has 0 fully saturated rings. The average Bonchev–Trinajstić information content (AvgIpc) is 2.84. The van der Waals surface area contributed by atoms with Crippen LogP contribution in [0.3, 0.4) is 0 Å². The first kappa shape index (κ1) is 26.0. The number of anilines is 1. The SMILES string of the molecule is NN/N=C(\N)c1ccnc(OCCN(N)C(=O)c2cc(-c3ccc(OC(F)(F)F)cc3)ccc2N)n1. The Hall–Kier alpha value is -4.63. The van der Waals surface area contributed by atoms with E-state index in [1.165, 1.54) is 36.5 Å². The molecule has 0 aliphatic rings. The maximum atomic E-state index is 12.9. The number of nitrogens with two attached hydrogens (primary N) is 4. The van der Waals surface area contributed by atoms with Gasteiger partial charge in [0, 0.05) is 11.9 Å². The minimum absolute atomic E-state index is 0.0123. The van der Waals surface area contributed by atoms with Crippen LogP contribution in [0.5, 0.6) is 11.8 Å². The van der Waals surface area contributed by atoms with Gasteiger partial charge in [0.05, 0.1) is 12.1 Å². The van der Waals surface area contributed by atoms with E-state index in [0.29, 0.717) is 11.1 Å². The van der Waals surface area contributed by atoms with Gasteiger partial charge < -0.3 is 20.9 Å². The van der Waals surface area contributed by atoms with Crippen molar-refractivity contribution in [1.82, 2.24) is 20.5 Å². The monoisotopic (exact) mass is 505 g/mol. The van der Waals surface area contributed by atoms with E-state index < -0.39 is 12.3 Å². The van der Waals surface area contributed by atoms with E-state index in [1.54, 1.807) is 6.07 Å². The molecule has 3 rings (SSSR count). The van der Waals surface area contributed by atoms with E-state index in [0.717, 1.165) is 17.1 Å². The number of hydrogen-bond acceptors (Lipinski definition) is 10. The Balaban J connectivity index is 1.65. The third-order valence-electron chi connectivity index (χ3n) is 4.61. The molecule has 12 nitrogen and oxygen atoms in total. The molecule has 9 N–H and O–H groups in total. The summed E-state index contributed by atoms with van der Waals surface area (Å²) in [5.41, 5.74) is 15.3. The number of hydrazone groups is 1. The van der Waals surface area contributed by atoms with Crippen molar-refractivity contribution in [2.45, 2.75) is 6.36 Å². The molecule has 0 bridgehead atoms. The molecule has 0 spiro atoms. The lowest BCUT2D eigenvalue weighted by Gasteiger charge is -2.18. The fourth-order valence-electron chi connectivity index (χ4n) is 2.94. The highest BCUT2D eigenvalue weighted by Gasteiger charge is 2.31. The van der Waals surface area contributed by atoms with Gasteiger partial charge in [-0.3, -0.25) is 9.80 Å². The van der Waals surface area contributed by atoms with Crippen molar-refractivity contribution in [1.29, 1.82) is 0 Å². The Morgan fingerprint density at radius 3 is 2.47 bits per heavy atom. The van der Waals surface area contributed by atoms with Gasteiger partial charge in [-0.15, -0.1) is 18.3 Å². The molecule has 0 saturated carbocycles. The third-order valence-corrected chi connectivity index (χ3v) is 4.61. The predicted octanol–water partition coefficient (Wildman–Crippen LogP) is 1.10. The summed E-state index contributed by atoms with van der Waals surface area (Å²) in [5.74, 6) is 10.0. The molecule has 1 amide bonds.